The van der Waals surface area contributed by atoms with Crippen LogP contribution in [0, 0.1) is 11.3 Å². The molecule has 5 nitrogen and oxygen atoms in total. The highest BCUT2D eigenvalue weighted by Crippen LogP contribution is 2.31. The molecule has 29 heavy (non-hydrogen) atoms. The number of nitrogens with one attached hydrogen (secondary N) is 1. The average molecular weight is 386 g/mol. The van der Waals surface area contributed by atoms with E-state index in [1.54, 1.807) is 13.2 Å². The smallest absolute Gasteiger partial charge is 0.262 e. The largest absolute Gasteiger partial charge is 0.488 e. The van der Waals surface area contributed by atoms with Crippen molar-refractivity contribution in [1.82, 2.24) is 5.32 Å². The van der Waals surface area contributed by atoms with Gasteiger partial charge in [0.2, 0.25) is 0 Å². The van der Waals surface area contributed by atoms with Crippen LogP contribution in [0.3, 0.4) is 0 Å². The topological polar surface area (TPSA) is 71.3 Å². The number of nitrogens with zero attached hydrogens (tertiary/aromatic N) is 1. The fourth-order valence-electron chi connectivity index (χ4n) is 2.94. The number of ether oxygens (including phenoxy) is 2. The Morgan fingerprint density at radius 2 is 1.83 bits per heavy atom. The van der Waals surface area contributed by atoms with E-state index in [1.165, 1.54) is 0 Å². The molecule has 3 aromatic rings. The summed E-state index contributed by atoms with van der Waals surface area (Å²) in [5.41, 5.74) is 1.76. The molecule has 3 rings (SSSR count). The molecular formula is C24H22N2O3. The summed E-state index contributed by atoms with van der Waals surface area (Å²) in [5, 5.41) is 14.1. The summed E-state index contributed by atoms with van der Waals surface area (Å²) in [6, 6.07) is 23.5. The van der Waals surface area contributed by atoms with Gasteiger partial charge in [0.05, 0.1) is 6.61 Å². The lowest BCUT2D eigenvalue weighted by Crippen LogP contribution is -2.27. The fraction of sp³-hybridized carbons (Fsp3) is 0.167. The zero-order chi connectivity index (χ0) is 20.5. The van der Waals surface area contributed by atoms with E-state index in [0.29, 0.717) is 31.1 Å². The quantitative estimate of drug-likeness (QED) is 0.360. The highest BCUT2D eigenvalue weighted by molar-refractivity contribution is 6.04. The van der Waals surface area contributed by atoms with Crippen molar-refractivity contribution in [1.29, 1.82) is 5.26 Å². The highest BCUT2D eigenvalue weighted by atomic mass is 16.5. The molecule has 0 spiro atoms. The molecule has 3 aromatic carbocycles. The molecule has 0 saturated heterocycles. The zero-order valence-corrected chi connectivity index (χ0v) is 16.2. The number of rotatable bonds is 8. The van der Waals surface area contributed by atoms with E-state index in [1.807, 2.05) is 72.8 Å². The molecule has 146 valence electrons. The molecule has 0 atom stereocenters. The molecule has 0 aliphatic heterocycles. The number of methoxy groups -OCH3 is 1. The normalized spacial score (nSPS) is 11.1. The molecule has 0 aromatic heterocycles. The van der Waals surface area contributed by atoms with Gasteiger partial charge in [-0.05, 0) is 28.5 Å². The molecule has 0 fully saturated rings. The van der Waals surface area contributed by atoms with Gasteiger partial charge in [-0.15, -0.1) is 0 Å². The van der Waals surface area contributed by atoms with Gasteiger partial charge in [0.25, 0.3) is 5.91 Å². The van der Waals surface area contributed by atoms with E-state index in [-0.39, 0.29) is 5.57 Å². The van der Waals surface area contributed by atoms with Crippen LogP contribution in [0.15, 0.2) is 72.3 Å². The molecule has 0 heterocycles. The van der Waals surface area contributed by atoms with E-state index in [9.17, 15) is 10.1 Å². The number of carbonyl (C=O) groups excluding carboxylic acids is 1. The molecule has 0 saturated carbocycles. The summed E-state index contributed by atoms with van der Waals surface area (Å²) in [6.07, 6.45) is 1.59. The highest BCUT2D eigenvalue weighted by Gasteiger charge is 2.13. The molecule has 0 unspecified atom stereocenters. The summed E-state index contributed by atoms with van der Waals surface area (Å²) in [5.74, 6) is 0.177. The molecular weight excluding hydrogens is 364 g/mol. The summed E-state index contributed by atoms with van der Waals surface area (Å²) in [4.78, 5) is 12.4. The number of amides is 1. The van der Waals surface area contributed by atoms with Crippen molar-refractivity contribution >= 4 is 22.8 Å². The number of carbonyl (C=O) groups is 1. The van der Waals surface area contributed by atoms with Crippen LogP contribution < -0.4 is 10.1 Å². The average Bonchev–Trinajstić information content (AvgIpc) is 2.77. The molecule has 1 amide bonds. The van der Waals surface area contributed by atoms with Crippen LogP contribution in [0.4, 0.5) is 0 Å². The van der Waals surface area contributed by atoms with Crippen molar-refractivity contribution in [3.8, 4) is 11.8 Å². The van der Waals surface area contributed by atoms with Gasteiger partial charge in [-0.2, -0.15) is 5.26 Å². The van der Waals surface area contributed by atoms with Gasteiger partial charge in [0.1, 0.15) is 24.0 Å². The monoisotopic (exact) mass is 386 g/mol. The van der Waals surface area contributed by atoms with Gasteiger partial charge in [-0.1, -0.05) is 60.7 Å². The zero-order valence-electron chi connectivity index (χ0n) is 16.2. The molecule has 0 bridgehead atoms. The van der Waals surface area contributed by atoms with Crippen LogP contribution in [0.1, 0.15) is 11.1 Å². The number of fused-ring (bicyclic) bond motifs is 1. The SMILES string of the molecule is COCCNC(=O)/C(C#N)=C/c1c(OCc2ccccc2)ccc2ccccc12. The van der Waals surface area contributed by atoms with Crippen molar-refractivity contribution in [3.63, 3.8) is 0 Å². The van der Waals surface area contributed by atoms with Crippen LogP contribution >= 0.6 is 0 Å². The van der Waals surface area contributed by atoms with Gasteiger partial charge in [0, 0.05) is 19.2 Å². The second-order valence-electron chi connectivity index (χ2n) is 6.39. The van der Waals surface area contributed by atoms with Crippen molar-refractivity contribution in [2.24, 2.45) is 0 Å². The maximum Gasteiger partial charge on any atom is 0.262 e. The summed E-state index contributed by atoms with van der Waals surface area (Å²) in [7, 11) is 1.56. The van der Waals surface area contributed by atoms with E-state index in [2.05, 4.69) is 5.32 Å². The van der Waals surface area contributed by atoms with E-state index in [4.69, 9.17) is 9.47 Å². The Bertz CT molecular complexity index is 1050. The van der Waals surface area contributed by atoms with Gasteiger partial charge >= 0.3 is 0 Å². The van der Waals surface area contributed by atoms with Gasteiger partial charge in [0.15, 0.2) is 0 Å². The Labute approximate surface area is 170 Å². The summed E-state index contributed by atoms with van der Waals surface area (Å²) >= 11 is 0. The van der Waals surface area contributed by atoms with Crippen LogP contribution in [0.5, 0.6) is 5.75 Å². The Morgan fingerprint density at radius 1 is 1.07 bits per heavy atom. The number of nitriles is 1. The fourth-order valence-corrected chi connectivity index (χ4v) is 2.94. The Hall–Kier alpha value is -3.62. The second-order valence-corrected chi connectivity index (χ2v) is 6.39. The number of hydrogen-bond donors (Lipinski definition) is 1. The third kappa shape index (κ3) is 5.22. The van der Waals surface area contributed by atoms with Crippen LogP contribution in [0.25, 0.3) is 16.8 Å². The lowest BCUT2D eigenvalue weighted by molar-refractivity contribution is -0.117. The first-order chi connectivity index (χ1) is 14.2. The lowest BCUT2D eigenvalue weighted by Gasteiger charge is -2.13. The van der Waals surface area contributed by atoms with Crippen molar-refractivity contribution < 1.29 is 14.3 Å². The molecule has 0 aliphatic carbocycles. The van der Waals surface area contributed by atoms with Crippen LogP contribution in [-0.4, -0.2) is 26.2 Å². The third-order valence-corrected chi connectivity index (χ3v) is 4.41. The van der Waals surface area contributed by atoms with E-state index in [0.717, 1.165) is 16.3 Å². The Kier molecular flexibility index (Phi) is 6.99. The summed E-state index contributed by atoms with van der Waals surface area (Å²) < 4.78 is 11.0. The second kappa shape index (κ2) is 10.1. The minimum Gasteiger partial charge on any atom is -0.488 e. The minimum absolute atomic E-state index is 0.0158. The molecule has 0 radical (unpaired) electrons. The van der Waals surface area contributed by atoms with Crippen LogP contribution in [-0.2, 0) is 16.1 Å². The Balaban J connectivity index is 1.96. The first kappa shape index (κ1) is 20.1. The maximum absolute atomic E-state index is 12.4. The molecule has 5 heteroatoms. The molecule has 1 N–H and O–H groups in total. The van der Waals surface area contributed by atoms with E-state index < -0.39 is 5.91 Å². The molecule has 0 aliphatic rings. The lowest BCUT2D eigenvalue weighted by atomic mass is 10.0. The maximum atomic E-state index is 12.4. The van der Waals surface area contributed by atoms with Crippen LogP contribution in [0.2, 0.25) is 0 Å². The van der Waals surface area contributed by atoms with Gasteiger partial charge < -0.3 is 14.8 Å². The predicted molar refractivity (Wildman–Crippen MR) is 113 cm³/mol. The standard InChI is InChI=1S/C24H22N2O3/c1-28-14-13-26-24(27)20(16-25)15-22-21-10-6-5-9-19(21)11-12-23(22)29-17-18-7-3-2-4-8-18/h2-12,15H,13-14,17H2,1H3,(H,26,27)/b20-15+. The van der Waals surface area contributed by atoms with Crippen molar-refractivity contribution in [2.45, 2.75) is 6.61 Å². The number of hydrogen-bond acceptors (Lipinski definition) is 4. The van der Waals surface area contributed by atoms with Gasteiger partial charge in [-0.3, -0.25) is 4.79 Å². The minimum atomic E-state index is -0.438. The van der Waals surface area contributed by atoms with Crippen molar-refractivity contribution in [2.75, 3.05) is 20.3 Å². The van der Waals surface area contributed by atoms with Gasteiger partial charge in [-0.25, -0.2) is 0 Å². The first-order valence-corrected chi connectivity index (χ1v) is 9.30. The van der Waals surface area contributed by atoms with Crippen molar-refractivity contribution in [3.05, 3.63) is 83.4 Å². The Morgan fingerprint density at radius 3 is 2.59 bits per heavy atom. The number of benzene rings is 3. The van der Waals surface area contributed by atoms with E-state index >= 15 is 0 Å². The third-order valence-electron chi connectivity index (χ3n) is 4.41. The predicted octanol–water partition coefficient (Wildman–Crippen LogP) is 4.09. The summed E-state index contributed by atoms with van der Waals surface area (Å²) in [6.45, 7) is 1.10. The first-order valence-electron chi connectivity index (χ1n) is 9.30.